The first kappa shape index (κ1) is 14.3. The smallest absolute Gasteiger partial charge is 0.126 e. The average molecular weight is 298 g/mol. The highest BCUT2D eigenvalue weighted by atomic mass is 35.5. The highest BCUT2D eigenvalue weighted by Crippen LogP contribution is 2.25. The number of aryl methyl sites for hydroxylation is 1. The SMILES string of the molecule is Cc1ccc(C(N)Cc2cc(Cl)ccc2Cl)cc1F. The number of hydrogen-bond acceptors (Lipinski definition) is 1. The molecule has 19 heavy (non-hydrogen) atoms. The molecule has 0 aliphatic heterocycles. The summed E-state index contributed by atoms with van der Waals surface area (Å²) in [6.07, 6.45) is 0.516. The van der Waals surface area contributed by atoms with Crippen molar-refractivity contribution in [3.05, 3.63) is 69.0 Å². The number of halogens is 3. The number of hydrogen-bond donors (Lipinski definition) is 1. The predicted molar refractivity (Wildman–Crippen MR) is 78.2 cm³/mol. The summed E-state index contributed by atoms with van der Waals surface area (Å²) in [4.78, 5) is 0. The highest BCUT2D eigenvalue weighted by molar-refractivity contribution is 6.33. The topological polar surface area (TPSA) is 26.0 Å². The molecular weight excluding hydrogens is 284 g/mol. The maximum Gasteiger partial charge on any atom is 0.126 e. The van der Waals surface area contributed by atoms with Crippen LogP contribution in [-0.2, 0) is 6.42 Å². The second-order valence-electron chi connectivity index (χ2n) is 4.55. The molecular formula is C15H14Cl2FN. The van der Waals surface area contributed by atoms with E-state index < -0.39 is 0 Å². The van der Waals surface area contributed by atoms with Crippen molar-refractivity contribution >= 4 is 23.2 Å². The van der Waals surface area contributed by atoms with Gasteiger partial charge in [0.1, 0.15) is 5.82 Å². The molecule has 0 fully saturated rings. The van der Waals surface area contributed by atoms with Crippen molar-refractivity contribution < 1.29 is 4.39 Å². The Labute approximate surface area is 122 Å². The van der Waals surface area contributed by atoms with Crippen molar-refractivity contribution in [2.75, 3.05) is 0 Å². The van der Waals surface area contributed by atoms with E-state index in [0.717, 1.165) is 11.1 Å². The van der Waals surface area contributed by atoms with Crippen LogP contribution in [-0.4, -0.2) is 0 Å². The minimum atomic E-state index is -0.314. The Kier molecular flexibility index (Phi) is 4.46. The largest absolute Gasteiger partial charge is 0.324 e. The number of benzene rings is 2. The van der Waals surface area contributed by atoms with E-state index in [1.807, 2.05) is 6.07 Å². The zero-order valence-corrected chi connectivity index (χ0v) is 12.0. The van der Waals surface area contributed by atoms with Crippen LogP contribution in [0.25, 0.3) is 0 Å². The molecule has 2 rings (SSSR count). The van der Waals surface area contributed by atoms with Gasteiger partial charge in [-0.2, -0.15) is 0 Å². The second kappa shape index (κ2) is 5.91. The monoisotopic (exact) mass is 297 g/mol. The van der Waals surface area contributed by atoms with E-state index >= 15 is 0 Å². The van der Waals surface area contributed by atoms with Gasteiger partial charge in [0.15, 0.2) is 0 Å². The summed E-state index contributed by atoms with van der Waals surface area (Å²) in [5.41, 5.74) is 8.32. The third-order valence-corrected chi connectivity index (χ3v) is 3.68. The zero-order chi connectivity index (χ0) is 14.0. The van der Waals surface area contributed by atoms with Crippen molar-refractivity contribution in [1.29, 1.82) is 0 Å². The zero-order valence-electron chi connectivity index (χ0n) is 10.5. The van der Waals surface area contributed by atoms with E-state index in [0.29, 0.717) is 22.0 Å². The molecule has 0 bridgehead atoms. The minimum absolute atomic E-state index is 0.245. The molecule has 0 heterocycles. The third-order valence-electron chi connectivity index (χ3n) is 3.07. The quantitative estimate of drug-likeness (QED) is 0.874. The van der Waals surface area contributed by atoms with Crippen LogP contribution in [0.1, 0.15) is 22.7 Å². The fourth-order valence-corrected chi connectivity index (χ4v) is 2.28. The lowest BCUT2D eigenvalue weighted by molar-refractivity contribution is 0.610. The molecule has 0 aromatic heterocycles. The molecule has 100 valence electrons. The first-order chi connectivity index (χ1) is 8.97. The molecule has 0 amide bonds. The van der Waals surface area contributed by atoms with Crippen molar-refractivity contribution in [1.82, 2.24) is 0 Å². The molecule has 0 aliphatic carbocycles. The van der Waals surface area contributed by atoms with Crippen LogP contribution in [0.4, 0.5) is 4.39 Å². The molecule has 2 N–H and O–H groups in total. The summed E-state index contributed by atoms with van der Waals surface area (Å²) < 4.78 is 13.5. The van der Waals surface area contributed by atoms with E-state index in [4.69, 9.17) is 28.9 Å². The maximum absolute atomic E-state index is 13.5. The van der Waals surface area contributed by atoms with Gasteiger partial charge in [0, 0.05) is 16.1 Å². The van der Waals surface area contributed by atoms with Crippen LogP contribution < -0.4 is 5.73 Å². The van der Waals surface area contributed by atoms with Gasteiger partial charge >= 0.3 is 0 Å². The molecule has 1 unspecified atom stereocenters. The molecule has 0 spiro atoms. The first-order valence-corrected chi connectivity index (χ1v) is 6.68. The molecule has 0 saturated carbocycles. The first-order valence-electron chi connectivity index (χ1n) is 5.93. The third kappa shape index (κ3) is 3.47. The maximum atomic E-state index is 13.5. The molecule has 4 heteroatoms. The fourth-order valence-electron chi connectivity index (χ4n) is 1.89. The Morgan fingerprint density at radius 3 is 2.58 bits per heavy atom. The van der Waals surface area contributed by atoms with Gasteiger partial charge in [-0.05, 0) is 54.3 Å². The molecule has 0 aliphatic rings. The minimum Gasteiger partial charge on any atom is -0.324 e. The van der Waals surface area contributed by atoms with E-state index in [-0.39, 0.29) is 11.9 Å². The molecule has 2 aromatic rings. The normalized spacial score (nSPS) is 12.5. The summed E-state index contributed by atoms with van der Waals surface area (Å²) in [5.74, 6) is -0.245. The van der Waals surface area contributed by atoms with Crippen LogP contribution in [0, 0.1) is 12.7 Å². The van der Waals surface area contributed by atoms with Crippen LogP contribution in [0.5, 0.6) is 0 Å². The summed E-state index contributed by atoms with van der Waals surface area (Å²) in [7, 11) is 0. The Morgan fingerprint density at radius 2 is 1.89 bits per heavy atom. The van der Waals surface area contributed by atoms with Gasteiger partial charge in [-0.15, -0.1) is 0 Å². The van der Waals surface area contributed by atoms with E-state index in [1.165, 1.54) is 6.07 Å². The Balaban J connectivity index is 2.22. The fraction of sp³-hybridized carbons (Fsp3) is 0.200. The number of rotatable bonds is 3. The lowest BCUT2D eigenvalue weighted by Gasteiger charge is -2.14. The Bertz CT molecular complexity index is 599. The summed E-state index contributed by atoms with van der Waals surface area (Å²) >= 11 is 12.0. The summed E-state index contributed by atoms with van der Waals surface area (Å²) in [5, 5.41) is 1.23. The Morgan fingerprint density at radius 1 is 1.16 bits per heavy atom. The van der Waals surface area contributed by atoms with Gasteiger partial charge in [0.25, 0.3) is 0 Å². The van der Waals surface area contributed by atoms with Gasteiger partial charge in [0.2, 0.25) is 0 Å². The van der Waals surface area contributed by atoms with Crippen molar-refractivity contribution in [2.24, 2.45) is 5.73 Å². The summed E-state index contributed by atoms with van der Waals surface area (Å²) in [6.45, 7) is 1.72. The molecule has 2 aromatic carbocycles. The van der Waals surface area contributed by atoms with E-state index in [1.54, 1.807) is 31.2 Å². The van der Waals surface area contributed by atoms with Gasteiger partial charge in [0.05, 0.1) is 0 Å². The molecule has 1 atom stereocenters. The van der Waals surface area contributed by atoms with Gasteiger partial charge < -0.3 is 5.73 Å². The predicted octanol–water partition coefficient (Wildman–Crippen LogP) is 4.68. The van der Waals surface area contributed by atoms with Crippen LogP contribution in [0.2, 0.25) is 10.0 Å². The molecule has 0 radical (unpaired) electrons. The van der Waals surface area contributed by atoms with E-state index in [9.17, 15) is 4.39 Å². The number of nitrogens with two attached hydrogens (primary N) is 1. The molecule has 1 nitrogen and oxygen atoms in total. The van der Waals surface area contributed by atoms with Crippen molar-refractivity contribution in [3.63, 3.8) is 0 Å². The van der Waals surface area contributed by atoms with Crippen LogP contribution >= 0.6 is 23.2 Å². The van der Waals surface area contributed by atoms with Gasteiger partial charge in [-0.1, -0.05) is 35.3 Å². The van der Waals surface area contributed by atoms with Crippen LogP contribution in [0.15, 0.2) is 36.4 Å². The van der Waals surface area contributed by atoms with Gasteiger partial charge in [-0.25, -0.2) is 4.39 Å². The lowest BCUT2D eigenvalue weighted by atomic mass is 9.98. The van der Waals surface area contributed by atoms with E-state index in [2.05, 4.69) is 0 Å². The second-order valence-corrected chi connectivity index (χ2v) is 5.40. The van der Waals surface area contributed by atoms with Crippen molar-refractivity contribution in [3.8, 4) is 0 Å². The summed E-state index contributed by atoms with van der Waals surface area (Å²) in [6, 6.07) is 9.97. The average Bonchev–Trinajstić information content (AvgIpc) is 2.37. The Hall–Kier alpha value is -1.09. The van der Waals surface area contributed by atoms with Gasteiger partial charge in [-0.3, -0.25) is 0 Å². The highest BCUT2D eigenvalue weighted by Gasteiger charge is 2.11. The standard InChI is InChI=1S/C15H14Cl2FN/c1-9-2-3-10(7-14(9)18)15(19)8-11-6-12(16)4-5-13(11)17/h2-7,15H,8,19H2,1H3. The van der Waals surface area contributed by atoms with Crippen LogP contribution in [0.3, 0.4) is 0 Å². The lowest BCUT2D eigenvalue weighted by Crippen LogP contribution is -2.14. The molecule has 0 saturated heterocycles. The van der Waals surface area contributed by atoms with Crippen molar-refractivity contribution in [2.45, 2.75) is 19.4 Å².